The van der Waals surface area contributed by atoms with Crippen LogP contribution in [0.3, 0.4) is 0 Å². The lowest BCUT2D eigenvalue weighted by atomic mass is 9.55. The highest BCUT2D eigenvalue weighted by Crippen LogP contribution is 2.57. The molecule has 4 rings (SSSR count). The second-order valence-corrected chi connectivity index (χ2v) is 10.2. The lowest BCUT2D eigenvalue weighted by molar-refractivity contribution is -0.437. The van der Waals surface area contributed by atoms with Crippen LogP contribution in [0.2, 0.25) is 0 Å². The summed E-state index contributed by atoms with van der Waals surface area (Å²) < 4.78 is 23.5. The lowest BCUT2D eigenvalue weighted by Gasteiger charge is -2.56. The minimum absolute atomic E-state index is 0.00920. The highest BCUT2D eigenvalue weighted by molar-refractivity contribution is 7.10. The molecule has 0 bridgehead atoms. The molecular formula is C23H30N2O8S. The summed E-state index contributed by atoms with van der Waals surface area (Å²) in [6, 6.07) is 2.91. The monoisotopic (exact) mass is 494 g/mol. The van der Waals surface area contributed by atoms with Gasteiger partial charge in [-0.1, -0.05) is 6.07 Å². The predicted molar refractivity (Wildman–Crippen MR) is 120 cm³/mol. The van der Waals surface area contributed by atoms with Gasteiger partial charge >= 0.3 is 6.03 Å². The number of methoxy groups -OCH3 is 2. The van der Waals surface area contributed by atoms with Crippen molar-refractivity contribution in [1.29, 1.82) is 0 Å². The SMILES string of the molecule is CO[C@]1(C)OC[C@H]([C@@H]2CC(=O)C[C@H](c3cccs3)C23C(=O)N(C)C(=O)N(C)C3=O)O[C@@]1(C)OC. The molecule has 2 saturated heterocycles. The Bertz CT molecular complexity index is 989. The van der Waals surface area contributed by atoms with Gasteiger partial charge in [0.15, 0.2) is 0 Å². The molecule has 5 atom stereocenters. The number of carbonyl (C=O) groups excluding carboxylic acids is 4. The van der Waals surface area contributed by atoms with Gasteiger partial charge < -0.3 is 18.9 Å². The fourth-order valence-corrected chi connectivity index (χ4v) is 6.42. The van der Waals surface area contributed by atoms with Crippen molar-refractivity contribution in [3.8, 4) is 0 Å². The Labute approximate surface area is 202 Å². The van der Waals surface area contributed by atoms with Crippen molar-refractivity contribution in [3.63, 3.8) is 0 Å². The van der Waals surface area contributed by atoms with Crippen LogP contribution >= 0.6 is 11.3 Å². The number of amides is 4. The van der Waals surface area contributed by atoms with Gasteiger partial charge in [0.05, 0.1) is 12.7 Å². The van der Waals surface area contributed by atoms with Gasteiger partial charge in [-0.25, -0.2) is 4.79 Å². The van der Waals surface area contributed by atoms with E-state index in [0.717, 1.165) is 14.7 Å². The molecule has 11 heteroatoms. The standard InChI is InChI=1S/C23H30N2O8S/c1-21(30-5)22(2,31-6)33-16(12-32-21)14-10-13(26)11-15(17-8-7-9-34-17)23(14)18(27)24(3)20(29)25(4)19(23)28/h7-9,14-16H,10-12H2,1-6H3/t14-,15+,16+,21+,22+/m0/s1. The molecule has 1 aromatic heterocycles. The summed E-state index contributed by atoms with van der Waals surface area (Å²) in [5.41, 5.74) is -1.72. The Morgan fingerprint density at radius 3 is 2.15 bits per heavy atom. The first-order valence-corrected chi connectivity index (χ1v) is 11.9. The van der Waals surface area contributed by atoms with Gasteiger partial charge in [0, 0.05) is 57.9 Å². The fraction of sp³-hybridized carbons (Fsp3) is 0.652. The molecule has 0 radical (unpaired) electrons. The fourth-order valence-electron chi connectivity index (χ4n) is 5.51. The third kappa shape index (κ3) is 3.29. The number of barbiturate groups is 1. The molecule has 3 aliphatic rings. The summed E-state index contributed by atoms with van der Waals surface area (Å²) in [6.07, 6.45) is -0.926. The number of imide groups is 2. The van der Waals surface area contributed by atoms with Gasteiger partial charge in [0.2, 0.25) is 23.4 Å². The van der Waals surface area contributed by atoms with Crippen LogP contribution in [0.5, 0.6) is 0 Å². The van der Waals surface area contributed by atoms with Gasteiger partial charge in [-0.15, -0.1) is 11.3 Å². The number of thiophene rings is 1. The summed E-state index contributed by atoms with van der Waals surface area (Å²) in [7, 11) is 5.61. The van der Waals surface area contributed by atoms with Crippen LogP contribution in [0.25, 0.3) is 0 Å². The maximum absolute atomic E-state index is 13.9. The van der Waals surface area contributed by atoms with Crippen LogP contribution in [-0.4, -0.2) is 86.0 Å². The number of urea groups is 1. The summed E-state index contributed by atoms with van der Waals surface area (Å²) in [5, 5.41) is 1.83. The molecule has 186 valence electrons. The van der Waals surface area contributed by atoms with E-state index in [1.54, 1.807) is 13.8 Å². The first-order chi connectivity index (χ1) is 16.0. The van der Waals surface area contributed by atoms with E-state index < -0.39 is 52.8 Å². The lowest BCUT2D eigenvalue weighted by Crippen LogP contribution is -2.72. The number of carbonyl (C=O) groups is 4. The molecule has 2 aliphatic heterocycles. The van der Waals surface area contributed by atoms with Crippen molar-refractivity contribution in [3.05, 3.63) is 22.4 Å². The number of ketones is 1. The van der Waals surface area contributed by atoms with Crippen LogP contribution < -0.4 is 0 Å². The van der Waals surface area contributed by atoms with E-state index in [1.165, 1.54) is 39.7 Å². The third-order valence-corrected chi connectivity index (χ3v) is 8.73. The molecule has 3 fully saturated rings. The number of hydrogen-bond acceptors (Lipinski definition) is 9. The maximum atomic E-state index is 13.9. The van der Waals surface area contributed by atoms with Crippen LogP contribution in [0.4, 0.5) is 4.79 Å². The van der Waals surface area contributed by atoms with Gasteiger partial charge in [0.25, 0.3) is 0 Å². The van der Waals surface area contributed by atoms with Crippen molar-refractivity contribution >= 4 is 35.0 Å². The molecule has 1 saturated carbocycles. The van der Waals surface area contributed by atoms with E-state index >= 15 is 0 Å². The smallest absolute Gasteiger partial charge is 0.332 e. The molecule has 0 aromatic carbocycles. The van der Waals surface area contributed by atoms with Gasteiger partial charge in [-0.3, -0.25) is 24.2 Å². The number of nitrogens with zero attached hydrogens (tertiary/aromatic N) is 2. The number of hydrogen-bond donors (Lipinski definition) is 0. The molecule has 3 heterocycles. The van der Waals surface area contributed by atoms with E-state index in [1.807, 2.05) is 17.5 Å². The Morgan fingerprint density at radius 2 is 1.62 bits per heavy atom. The normalized spacial score (nSPS) is 36.5. The van der Waals surface area contributed by atoms with Crippen LogP contribution in [-0.2, 0) is 33.3 Å². The Kier molecular flexibility index (Phi) is 6.22. The zero-order valence-electron chi connectivity index (χ0n) is 20.2. The predicted octanol–water partition coefficient (Wildman–Crippen LogP) is 1.99. The minimum Gasteiger partial charge on any atom is -0.349 e. The van der Waals surface area contributed by atoms with Crippen LogP contribution in [0.1, 0.15) is 37.5 Å². The average Bonchev–Trinajstić information content (AvgIpc) is 3.37. The van der Waals surface area contributed by atoms with Crippen LogP contribution in [0.15, 0.2) is 17.5 Å². The molecule has 1 aromatic rings. The van der Waals surface area contributed by atoms with Gasteiger partial charge in [0.1, 0.15) is 11.2 Å². The number of rotatable bonds is 4. The number of Topliss-reactive ketones (excluding diaryl/α,β-unsaturated/α-hetero) is 1. The molecule has 1 aliphatic carbocycles. The van der Waals surface area contributed by atoms with E-state index in [4.69, 9.17) is 18.9 Å². The van der Waals surface area contributed by atoms with Crippen molar-refractivity contribution in [2.24, 2.45) is 11.3 Å². The maximum Gasteiger partial charge on any atom is 0.332 e. The van der Waals surface area contributed by atoms with Crippen molar-refractivity contribution < 1.29 is 38.1 Å². The summed E-state index contributed by atoms with van der Waals surface area (Å²) in [5.74, 6) is -5.67. The van der Waals surface area contributed by atoms with E-state index in [-0.39, 0.29) is 25.2 Å². The second kappa shape index (κ2) is 8.49. The molecule has 1 spiro atoms. The zero-order valence-corrected chi connectivity index (χ0v) is 21.0. The second-order valence-electron chi connectivity index (χ2n) is 9.27. The molecule has 10 nitrogen and oxygen atoms in total. The highest BCUT2D eigenvalue weighted by Gasteiger charge is 2.69. The zero-order chi connectivity index (χ0) is 25.1. The molecular weight excluding hydrogens is 464 g/mol. The van der Waals surface area contributed by atoms with Crippen molar-refractivity contribution in [2.75, 3.05) is 34.9 Å². The van der Waals surface area contributed by atoms with E-state index in [9.17, 15) is 19.2 Å². The topological polar surface area (TPSA) is 112 Å². The molecule has 0 N–H and O–H groups in total. The first kappa shape index (κ1) is 24.9. The van der Waals surface area contributed by atoms with Crippen molar-refractivity contribution in [1.82, 2.24) is 9.80 Å². The van der Waals surface area contributed by atoms with Crippen molar-refractivity contribution in [2.45, 2.75) is 50.3 Å². The quantitative estimate of drug-likeness (QED) is 0.585. The largest absolute Gasteiger partial charge is 0.349 e. The number of ether oxygens (including phenoxy) is 4. The van der Waals surface area contributed by atoms with Gasteiger partial charge in [-0.05, 0) is 25.3 Å². The summed E-state index contributed by atoms with van der Waals surface area (Å²) >= 11 is 1.37. The third-order valence-electron chi connectivity index (χ3n) is 7.74. The Balaban J connectivity index is 1.88. The summed E-state index contributed by atoms with van der Waals surface area (Å²) in [6.45, 7) is 3.27. The average molecular weight is 495 g/mol. The summed E-state index contributed by atoms with van der Waals surface area (Å²) in [4.78, 5) is 56.2. The highest BCUT2D eigenvalue weighted by atomic mass is 32.1. The Morgan fingerprint density at radius 1 is 1.00 bits per heavy atom. The molecule has 34 heavy (non-hydrogen) atoms. The van der Waals surface area contributed by atoms with Crippen LogP contribution in [0, 0.1) is 11.3 Å². The first-order valence-electron chi connectivity index (χ1n) is 11.0. The molecule has 4 amide bonds. The van der Waals surface area contributed by atoms with E-state index in [0.29, 0.717) is 0 Å². The van der Waals surface area contributed by atoms with E-state index in [2.05, 4.69) is 0 Å². The minimum atomic E-state index is -1.72. The molecule has 0 unspecified atom stereocenters. The Hall–Kier alpha value is -2.18. The van der Waals surface area contributed by atoms with Gasteiger partial charge in [-0.2, -0.15) is 0 Å².